The van der Waals surface area contributed by atoms with Crippen molar-refractivity contribution in [1.82, 2.24) is 14.3 Å². The van der Waals surface area contributed by atoms with Crippen LogP contribution < -0.4 is 4.72 Å². The van der Waals surface area contributed by atoms with Gasteiger partial charge in [-0.05, 0) is 6.42 Å². The van der Waals surface area contributed by atoms with E-state index < -0.39 is 10.2 Å². The summed E-state index contributed by atoms with van der Waals surface area (Å²) in [6, 6.07) is 0. The van der Waals surface area contributed by atoms with Gasteiger partial charge in [0, 0.05) is 19.0 Å². The van der Waals surface area contributed by atoms with E-state index in [-0.39, 0.29) is 5.41 Å². The van der Waals surface area contributed by atoms with E-state index in [1.165, 1.54) is 16.7 Å². The van der Waals surface area contributed by atoms with Gasteiger partial charge in [0.2, 0.25) is 0 Å². The van der Waals surface area contributed by atoms with Gasteiger partial charge in [-0.25, -0.2) is 9.97 Å². The summed E-state index contributed by atoms with van der Waals surface area (Å²) in [5.41, 5.74) is 0.219. The van der Waals surface area contributed by atoms with Crippen molar-refractivity contribution >= 4 is 15.9 Å². The molecule has 1 aromatic heterocycles. The van der Waals surface area contributed by atoms with E-state index in [0.29, 0.717) is 18.1 Å². The quantitative estimate of drug-likeness (QED) is 0.873. The van der Waals surface area contributed by atoms with Gasteiger partial charge in [-0.2, -0.15) is 12.7 Å². The van der Waals surface area contributed by atoms with Gasteiger partial charge in [0.05, 0.1) is 18.1 Å². The summed E-state index contributed by atoms with van der Waals surface area (Å²) in [6.45, 7) is 8.53. The summed E-state index contributed by atoms with van der Waals surface area (Å²) in [6.07, 6.45) is 4.78. The Bertz CT molecular complexity index is 520. The van der Waals surface area contributed by atoms with Crippen molar-refractivity contribution in [3.05, 3.63) is 18.2 Å². The molecule has 1 rings (SSSR count). The molecule has 7 heteroatoms. The number of nitrogens with one attached hydrogen (secondary N) is 1. The van der Waals surface area contributed by atoms with Crippen LogP contribution in [-0.2, 0) is 15.6 Å². The fraction of sp³-hybridized carbons (Fsp3) is 0.692. The molecule has 0 fully saturated rings. The third-order valence-corrected chi connectivity index (χ3v) is 4.30. The van der Waals surface area contributed by atoms with E-state index in [1.54, 1.807) is 7.05 Å². The molecule has 20 heavy (non-hydrogen) atoms. The van der Waals surface area contributed by atoms with Crippen LogP contribution in [0.25, 0.3) is 0 Å². The fourth-order valence-corrected chi connectivity index (χ4v) is 2.42. The standard InChI is InChI=1S/C13H24N4O2S/c1-6-7-8-17(5)20(18,19)16-11-9-14-12(15-10-11)13(2,3)4/h9-10,16H,6-8H2,1-5H3. The highest BCUT2D eigenvalue weighted by Crippen LogP contribution is 2.18. The predicted octanol–water partition coefficient (Wildman–Crippen LogP) is 2.16. The van der Waals surface area contributed by atoms with Crippen LogP contribution in [0.15, 0.2) is 12.4 Å². The Balaban J connectivity index is 2.78. The van der Waals surface area contributed by atoms with Gasteiger partial charge >= 0.3 is 10.2 Å². The van der Waals surface area contributed by atoms with E-state index in [9.17, 15) is 8.42 Å². The minimum atomic E-state index is -3.53. The van der Waals surface area contributed by atoms with Gasteiger partial charge < -0.3 is 0 Å². The van der Waals surface area contributed by atoms with E-state index >= 15 is 0 Å². The molecule has 0 saturated heterocycles. The first-order valence-electron chi connectivity index (χ1n) is 6.73. The summed E-state index contributed by atoms with van der Waals surface area (Å²) < 4.78 is 27.9. The Morgan fingerprint density at radius 2 is 1.80 bits per heavy atom. The molecular weight excluding hydrogens is 276 g/mol. The molecule has 1 aromatic rings. The maximum Gasteiger partial charge on any atom is 0.301 e. The van der Waals surface area contributed by atoms with Crippen LogP contribution in [0.3, 0.4) is 0 Å². The lowest BCUT2D eigenvalue weighted by Gasteiger charge is -2.19. The van der Waals surface area contributed by atoms with Crippen LogP contribution in [0.4, 0.5) is 5.69 Å². The highest BCUT2D eigenvalue weighted by Gasteiger charge is 2.19. The van der Waals surface area contributed by atoms with Gasteiger partial charge in [-0.3, -0.25) is 4.72 Å². The second kappa shape index (κ2) is 6.49. The fourth-order valence-electron chi connectivity index (χ4n) is 1.50. The Morgan fingerprint density at radius 3 is 2.25 bits per heavy atom. The van der Waals surface area contributed by atoms with E-state index in [2.05, 4.69) is 14.7 Å². The second-order valence-corrected chi connectivity index (χ2v) is 7.61. The molecule has 6 nitrogen and oxygen atoms in total. The summed E-state index contributed by atoms with van der Waals surface area (Å²) >= 11 is 0. The number of nitrogens with zero attached hydrogens (tertiary/aromatic N) is 3. The zero-order chi connectivity index (χ0) is 15.4. The molecule has 0 bridgehead atoms. The number of rotatable bonds is 6. The van der Waals surface area contributed by atoms with Crippen molar-refractivity contribution in [2.24, 2.45) is 0 Å². The smallest absolute Gasteiger partial charge is 0.268 e. The molecule has 0 saturated carbocycles. The van der Waals surface area contributed by atoms with Gasteiger partial charge in [-0.1, -0.05) is 34.1 Å². The number of hydrogen-bond donors (Lipinski definition) is 1. The van der Waals surface area contributed by atoms with Crippen molar-refractivity contribution in [2.75, 3.05) is 18.3 Å². The summed E-state index contributed by atoms with van der Waals surface area (Å²) in [5.74, 6) is 0.680. The Morgan fingerprint density at radius 1 is 1.25 bits per heavy atom. The SMILES string of the molecule is CCCCN(C)S(=O)(=O)Nc1cnc(C(C)(C)C)nc1. The second-order valence-electron chi connectivity index (χ2n) is 5.83. The minimum absolute atomic E-state index is 0.157. The zero-order valence-corrected chi connectivity index (χ0v) is 13.7. The van der Waals surface area contributed by atoms with Crippen LogP contribution in [0.5, 0.6) is 0 Å². The number of aromatic nitrogens is 2. The van der Waals surface area contributed by atoms with Crippen LogP contribution in [-0.4, -0.2) is 36.3 Å². The van der Waals surface area contributed by atoms with Crippen LogP contribution in [0, 0.1) is 0 Å². The Labute approximate surface area is 121 Å². The van der Waals surface area contributed by atoms with Crippen molar-refractivity contribution in [3.63, 3.8) is 0 Å². The van der Waals surface area contributed by atoms with Crippen molar-refractivity contribution < 1.29 is 8.42 Å². The highest BCUT2D eigenvalue weighted by atomic mass is 32.2. The highest BCUT2D eigenvalue weighted by molar-refractivity contribution is 7.90. The van der Waals surface area contributed by atoms with E-state index in [1.807, 2.05) is 27.7 Å². The molecule has 0 unspecified atom stereocenters. The van der Waals surface area contributed by atoms with Gasteiger partial charge in [0.25, 0.3) is 0 Å². The summed E-state index contributed by atoms with van der Waals surface area (Å²) in [7, 11) is -1.97. The summed E-state index contributed by atoms with van der Waals surface area (Å²) in [4.78, 5) is 8.40. The molecular formula is C13H24N4O2S. The normalized spacial score (nSPS) is 12.7. The number of unbranched alkanes of at least 4 members (excludes halogenated alkanes) is 1. The van der Waals surface area contributed by atoms with E-state index in [4.69, 9.17) is 0 Å². The van der Waals surface area contributed by atoms with Crippen molar-refractivity contribution in [2.45, 2.75) is 46.0 Å². The maximum atomic E-state index is 12.0. The molecule has 0 atom stereocenters. The lowest BCUT2D eigenvalue weighted by Crippen LogP contribution is -2.33. The molecule has 1 N–H and O–H groups in total. The summed E-state index contributed by atoms with van der Waals surface area (Å²) in [5, 5.41) is 0. The molecule has 1 heterocycles. The van der Waals surface area contributed by atoms with Crippen molar-refractivity contribution in [3.8, 4) is 0 Å². The predicted molar refractivity (Wildman–Crippen MR) is 80.8 cm³/mol. The van der Waals surface area contributed by atoms with Crippen LogP contribution in [0.2, 0.25) is 0 Å². The lowest BCUT2D eigenvalue weighted by atomic mass is 9.96. The average molecular weight is 300 g/mol. The van der Waals surface area contributed by atoms with Crippen LogP contribution in [0.1, 0.15) is 46.4 Å². The van der Waals surface area contributed by atoms with Crippen LogP contribution >= 0.6 is 0 Å². The first kappa shape index (κ1) is 16.8. The average Bonchev–Trinajstić information content (AvgIpc) is 2.34. The number of anilines is 1. The van der Waals surface area contributed by atoms with Gasteiger partial charge in [0.1, 0.15) is 5.82 Å². The monoisotopic (exact) mass is 300 g/mol. The molecule has 0 radical (unpaired) electrons. The van der Waals surface area contributed by atoms with Gasteiger partial charge in [-0.15, -0.1) is 0 Å². The van der Waals surface area contributed by atoms with E-state index in [0.717, 1.165) is 12.8 Å². The molecule has 0 aliphatic heterocycles. The third-order valence-electron chi connectivity index (χ3n) is 2.81. The first-order valence-corrected chi connectivity index (χ1v) is 8.17. The largest absolute Gasteiger partial charge is 0.301 e. The topological polar surface area (TPSA) is 75.2 Å². The van der Waals surface area contributed by atoms with Crippen molar-refractivity contribution in [1.29, 1.82) is 0 Å². The first-order chi connectivity index (χ1) is 9.16. The Hall–Kier alpha value is -1.21. The molecule has 0 amide bonds. The van der Waals surface area contributed by atoms with Gasteiger partial charge in [0.15, 0.2) is 0 Å². The molecule has 0 aromatic carbocycles. The molecule has 0 spiro atoms. The lowest BCUT2D eigenvalue weighted by molar-refractivity contribution is 0.463. The molecule has 114 valence electrons. The molecule has 0 aliphatic carbocycles. The third kappa shape index (κ3) is 4.72. The number of hydrogen-bond acceptors (Lipinski definition) is 4. The zero-order valence-electron chi connectivity index (χ0n) is 12.8. The maximum absolute atomic E-state index is 12.0. The minimum Gasteiger partial charge on any atom is -0.268 e. The Kier molecular flexibility index (Phi) is 5.47. The molecule has 0 aliphatic rings.